The quantitative estimate of drug-likeness (QED) is 0.762. The van der Waals surface area contributed by atoms with E-state index in [1.54, 1.807) is 22.8 Å². The van der Waals surface area contributed by atoms with Crippen molar-refractivity contribution in [3.8, 4) is 11.8 Å². The molecule has 0 aromatic carbocycles. The fourth-order valence-electron chi connectivity index (χ4n) is 2.08. The minimum Gasteiger partial charge on any atom is -0.384 e. The lowest BCUT2D eigenvalue weighted by Crippen LogP contribution is -2.50. The zero-order valence-electron chi connectivity index (χ0n) is 11.3. The number of piperazine rings is 1. The summed E-state index contributed by atoms with van der Waals surface area (Å²) in [5.74, 6) is 5.34. The summed E-state index contributed by atoms with van der Waals surface area (Å²) in [6, 6.07) is 1.78. The second kappa shape index (κ2) is 6.55. The van der Waals surface area contributed by atoms with Gasteiger partial charge in [-0.3, -0.25) is 9.59 Å². The van der Waals surface area contributed by atoms with Gasteiger partial charge in [-0.25, -0.2) is 0 Å². The summed E-state index contributed by atoms with van der Waals surface area (Å²) in [4.78, 5) is 27.8. The summed E-state index contributed by atoms with van der Waals surface area (Å²) in [6.45, 7) is 3.56. The van der Waals surface area contributed by atoms with Gasteiger partial charge < -0.3 is 14.9 Å². The summed E-state index contributed by atoms with van der Waals surface area (Å²) >= 11 is 1.35. The third-order valence-corrected chi connectivity index (χ3v) is 4.08. The number of nitrogens with zero attached hydrogens (tertiary/aromatic N) is 2. The molecular formula is C14H16N2O3S. The predicted octanol–water partition coefficient (Wildman–Crippen LogP) is 0.396. The molecule has 0 aliphatic carbocycles. The maximum absolute atomic E-state index is 12.4. The van der Waals surface area contributed by atoms with Crippen LogP contribution in [0, 0.1) is 11.8 Å². The predicted molar refractivity (Wildman–Crippen MR) is 76.4 cm³/mol. The lowest BCUT2D eigenvalue weighted by Gasteiger charge is -2.34. The molecule has 0 unspecified atom stereocenters. The van der Waals surface area contributed by atoms with Crippen LogP contribution in [-0.4, -0.2) is 59.5 Å². The van der Waals surface area contributed by atoms with E-state index < -0.39 is 0 Å². The van der Waals surface area contributed by atoms with Crippen LogP contribution in [0.5, 0.6) is 0 Å². The first-order valence-corrected chi connectivity index (χ1v) is 7.23. The van der Waals surface area contributed by atoms with E-state index in [0.29, 0.717) is 36.6 Å². The van der Waals surface area contributed by atoms with E-state index in [-0.39, 0.29) is 18.4 Å². The van der Waals surface area contributed by atoms with Gasteiger partial charge >= 0.3 is 0 Å². The highest BCUT2D eigenvalue weighted by molar-refractivity contribution is 7.12. The van der Waals surface area contributed by atoms with Gasteiger partial charge in [-0.2, -0.15) is 0 Å². The number of thiophene rings is 1. The fraction of sp³-hybridized carbons (Fsp3) is 0.429. The van der Waals surface area contributed by atoms with Crippen molar-refractivity contribution in [3.05, 3.63) is 21.9 Å². The number of hydrogen-bond donors (Lipinski definition) is 1. The Balaban J connectivity index is 2.06. The van der Waals surface area contributed by atoms with Gasteiger partial charge in [0.25, 0.3) is 5.91 Å². The van der Waals surface area contributed by atoms with Crippen LogP contribution in [-0.2, 0) is 4.79 Å². The Morgan fingerprint density at radius 3 is 2.55 bits per heavy atom. The SMILES string of the molecule is CC(=O)N1CCN(C(=O)c2sccc2C#CCO)CC1. The minimum absolute atomic E-state index is 0.0442. The molecule has 0 atom stereocenters. The lowest BCUT2D eigenvalue weighted by molar-refractivity contribution is -0.130. The van der Waals surface area contributed by atoms with E-state index in [4.69, 9.17) is 5.11 Å². The third kappa shape index (κ3) is 3.18. The van der Waals surface area contributed by atoms with Crippen LogP contribution in [0.1, 0.15) is 22.2 Å². The van der Waals surface area contributed by atoms with Gasteiger partial charge in [0, 0.05) is 38.7 Å². The molecule has 2 rings (SSSR count). The average molecular weight is 292 g/mol. The van der Waals surface area contributed by atoms with Crippen molar-refractivity contribution in [2.75, 3.05) is 32.8 Å². The van der Waals surface area contributed by atoms with E-state index in [1.807, 2.05) is 5.38 Å². The van der Waals surface area contributed by atoms with Crippen LogP contribution in [0.2, 0.25) is 0 Å². The Labute approximate surface area is 121 Å². The molecule has 0 saturated carbocycles. The third-order valence-electron chi connectivity index (χ3n) is 3.17. The van der Waals surface area contributed by atoms with Crippen molar-refractivity contribution in [1.29, 1.82) is 0 Å². The van der Waals surface area contributed by atoms with Gasteiger partial charge in [-0.05, 0) is 11.4 Å². The molecule has 1 aromatic heterocycles. The van der Waals surface area contributed by atoms with Gasteiger partial charge in [0.05, 0.1) is 0 Å². The maximum atomic E-state index is 12.4. The Kier molecular flexibility index (Phi) is 4.77. The summed E-state index contributed by atoms with van der Waals surface area (Å²) in [7, 11) is 0. The highest BCUT2D eigenvalue weighted by Crippen LogP contribution is 2.19. The molecule has 0 bridgehead atoms. The number of hydrogen-bond acceptors (Lipinski definition) is 4. The van der Waals surface area contributed by atoms with E-state index in [1.165, 1.54) is 11.3 Å². The molecule has 0 spiro atoms. The van der Waals surface area contributed by atoms with Crippen molar-refractivity contribution in [2.45, 2.75) is 6.92 Å². The van der Waals surface area contributed by atoms with E-state index in [0.717, 1.165) is 0 Å². The fourth-order valence-corrected chi connectivity index (χ4v) is 2.89. The van der Waals surface area contributed by atoms with E-state index in [9.17, 15) is 9.59 Å². The zero-order chi connectivity index (χ0) is 14.5. The Morgan fingerprint density at radius 2 is 1.95 bits per heavy atom. The van der Waals surface area contributed by atoms with E-state index >= 15 is 0 Å². The van der Waals surface area contributed by atoms with Gasteiger partial charge in [0.1, 0.15) is 11.5 Å². The number of aliphatic hydroxyl groups is 1. The molecule has 1 saturated heterocycles. The molecule has 20 heavy (non-hydrogen) atoms. The van der Waals surface area contributed by atoms with Crippen LogP contribution in [0.25, 0.3) is 0 Å². The number of carbonyl (C=O) groups is 2. The summed E-state index contributed by atoms with van der Waals surface area (Å²) in [5.41, 5.74) is 0.656. The molecule has 1 aliphatic rings. The highest BCUT2D eigenvalue weighted by Gasteiger charge is 2.25. The standard InChI is InChI=1S/C14H16N2O3S/c1-11(18)15-5-7-16(8-6-15)14(19)13-12(3-2-9-17)4-10-20-13/h4,10,17H,5-9H2,1H3. The summed E-state index contributed by atoms with van der Waals surface area (Å²) < 4.78 is 0. The summed E-state index contributed by atoms with van der Waals surface area (Å²) in [5, 5.41) is 10.5. The zero-order valence-corrected chi connectivity index (χ0v) is 12.1. The first kappa shape index (κ1) is 14.6. The molecule has 1 fully saturated rings. The van der Waals surface area contributed by atoms with Crippen molar-refractivity contribution >= 4 is 23.2 Å². The molecular weight excluding hydrogens is 276 g/mol. The van der Waals surface area contributed by atoms with Crippen LogP contribution in [0.3, 0.4) is 0 Å². The van der Waals surface area contributed by atoms with Gasteiger partial charge in [0.2, 0.25) is 5.91 Å². The lowest BCUT2D eigenvalue weighted by atomic mass is 10.2. The second-order valence-corrected chi connectivity index (χ2v) is 5.34. The van der Waals surface area contributed by atoms with Gasteiger partial charge in [-0.1, -0.05) is 11.8 Å². The Morgan fingerprint density at radius 1 is 1.30 bits per heavy atom. The number of aliphatic hydroxyl groups excluding tert-OH is 1. The molecule has 1 aromatic rings. The van der Waals surface area contributed by atoms with Crippen LogP contribution in [0.4, 0.5) is 0 Å². The van der Waals surface area contributed by atoms with Crippen LogP contribution < -0.4 is 0 Å². The van der Waals surface area contributed by atoms with Crippen molar-refractivity contribution in [2.24, 2.45) is 0 Å². The van der Waals surface area contributed by atoms with Crippen LogP contribution >= 0.6 is 11.3 Å². The second-order valence-electron chi connectivity index (χ2n) is 4.42. The molecule has 0 radical (unpaired) electrons. The Hall–Kier alpha value is -1.84. The van der Waals surface area contributed by atoms with Crippen LogP contribution in [0.15, 0.2) is 11.4 Å². The topological polar surface area (TPSA) is 60.9 Å². The number of carbonyl (C=O) groups excluding carboxylic acids is 2. The monoisotopic (exact) mass is 292 g/mol. The number of amides is 2. The molecule has 2 amide bonds. The average Bonchev–Trinajstić information content (AvgIpc) is 2.92. The smallest absolute Gasteiger partial charge is 0.265 e. The molecule has 5 nitrogen and oxygen atoms in total. The largest absolute Gasteiger partial charge is 0.384 e. The minimum atomic E-state index is -0.221. The molecule has 106 valence electrons. The Bertz CT molecular complexity index is 562. The first-order chi connectivity index (χ1) is 9.63. The first-order valence-electron chi connectivity index (χ1n) is 6.35. The van der Waals surface area contributed by atoms with Crippen molar-refractivity contribution < 1.29 is 14.7 Å². The molecule has 1 aliphatic heterocycles. The number of rotatable bonds is 1. The summed E-state index contributed by atoms with van der Waals surface area (Å²) in [6.07, 6.45) is 0. The van der Waals surface area contributed by atoms with E-state index in [2.05, 4.69) is 11.8 Å². The maximum Gasteiger partial charge on any atom is 0.265 e. The van der Waals surface area contributed by atoms with Gasteiger partial charge in [0.15, 0.2) is 0 Å². The highest BCUT2D eigenvalue weighted by atomic mass is 32.1. The van der Waals surface area contributed by atoms with Gasteiger partial charge in [-0.15, -0.1) is 11.3 Å². The normalized spacial score (nSPS) is 14.7. The molecule has 6 heteroatoms. The van der Waals surface area contributed by atoms with Crippen molar-refractivity contribution in [3.63, 3.8) is 0 Å². The molecule has 1 N–H and O–H groups in total. The molecule has 2 heterocycles. The van der Waals surface area contributed by atoms with Crippen molar-refractivity contribution in [1.82, 2.24) is 9.80 Å².